The third-order valence-corrected chi connectivity index (χ3v) is 4.20. The minimum Gasteiger partial charge on any atom is -0.336 e. The van der Waals surface area contributed by atoms with Gasteiger partial charge in [0, 0.05) is 25.6 Å². The molecule has 2 rings (SSSR count). The van der Waals surface area contributed by atoms with Gasteiger partial charge < -0.3 is 4.90 Å². The molecule has 0 aromatic heterocycles. The van der Waals surface area contributed by atoms with Crippen LogP contribution in [0.4, 0.5) is 8.78 Å². The van der Waals surface area contributed by atoms with Crippen molar-refractivity contribution in [3.05, 3.63) is 35.9 Å². The molecule has 1 atom stereocenters. The van der Waals surface area contributed by atoms with Crippen molar-refractivity contribution in [3.63, 3.8) is 0 Å². The fourth-order valence-electron chi connectivity index (χ4n) is 2.50. The molecule has 8 heteroatoms. The van der Waals surface area contributed by atoms with Crippen molar-refractivity contribution in [2.45, 2.75) is 24.8 Å². The molecule has 1 heterocycles. The molecule has 1 N–H and O–H groups in total. The number of nitrogens with one attached hydrogen (secondary N) is 1. The van der Waals surface area contributed by atoms with Crippen molar-refractivity contribution < 1.29 is 22.0 Å². The summed E-state index contributed by atoms with van der Waals surface area (Å²) in [6.45, 7) is 0.0900. The maximum atomic E-state index is 14.1. The van der Waals surface area contributed by atoms with E-state index in [0.29, 0.717) is 12.0 Å². The number of amides is 1. The van der Waals surface area contributed by atoms with Crippen molar-refractivity contribution in [1.82, 2.24) is 9.62 Å². The summed E-state index contributed by atoms with van der Waals surface area (Å²) >= 11 is 0. The Hall–Kier alpha value is -1.54. The zero-order valence-electron chi connectivity index (χ0n) is 12.1. The average Bonchev–Trinajstić information content (AvgIpc) is 2.84. The first-order chi connectivity index (χ1) is 10.2. The molecule has 0 bridgehead atoms. The SMILES string of the molecule is CS(=O)(=O)NC1CCN(C(=O)C(F)(F)Cc2ccccc2)C1. The Morgan fingerprint density at radius 3 is 2.59 bits per heavy atom. The number of rotatable bonds is 5. The summed E-state index contributed by atoms with van der Waals surface area (Å²) in [5, 5.41) is 0. The van der Waals surface area contributed by atoms with Crippen LogP contribution in [0.3, 0.4) is 0 Å². The molecule has 1 aromatic carbocycles. The molecule has 1 aliphatic heterocycles. The van der Waals surface area contributed by atoms with Gasteiger partial charge in [0.1, 0.15) is 0 Å². The van der Waals surface area contributed by atoms with Crippen LogP contribution in [0.2, 0.25) is 0 Å². The Kier molecular flexibility index (Phi) is 4.81. The maximum Gasteiger partial charge on any atom is 0.328 e. The van der Waals surface area contributed by atoms with Crippen LogP contribution >= 0.6 is 0 Å². The monoisotopic (exact) mass is 332 g/mol. The standard InChI is InChI=1S/C14H18F2N2O3S/c1-22(20,21)17-12-7-8-18(10-12)13(19)14(15,16)9-11-5-3-2-4-6-11/h2-6,12,17H,7-10H2,1H3. The van der Waals surface area contributed by atoms with E-state index in [0.717, 1.165) is 11.2 Å². The van der Waals surface area contributed by atoms with Crippen molar-refractivity contribution in [1.29, 1.82) is 0 Å². The molecule has 1 unspecified atom stereocenters. The van der Waals surface area contributed by atoms with Crippen LogP contribution in [0.5, 0.6) is 0 Å². The first-order valence-electron chi connectivity index (χ1n) is 6.86. The van der Waals surface area contributed by atoms with Crippen molar-refractivity contribution >= 4 is 15.9 Å². The summed E-state index contributed by atoms with van der Waals surface area (Å²) in [7, 11) is -3.42. The van der Waals surface area contributed by atoms with E-state index in [-0.39, 0.29) is 13.1 Å². The van der Waals surface area contributed by atoms with E-state index in [2.05, 4.69) is 4.72 Å². The van der Waals surface area contributed by atoms with Gasteiger partial charge in [-0.3, -0.25) is 4.79 Å². The highest BCUT2D eigenvalue weighted by atomic mass is 32.2. The highest BCUT2D eigenvalue weighted by Gasteiger charge is 2.44. The molecule has 122 valence electrons. The predicted octanol–water partition coefficient (Wildman–Crippen LogP) is 1.01. The van der Waals surface area contributed by atoms with Crippen molar-refractivity contribution in [3.8, 4) is 0 Å². The van der Waals surface area contributed by atoms with Gasteiger partial charge in [0.15, 0.2) is 0 Å². The molecular formula is C14H18F2N2O3S. The van der Waals surface area contributed by atoms with Gasteiger partial charge in [0.2, 0.25) is 10.0 Å². The second kappa shape index (κ2) is 6.29. The van der Waals surface area contributed by atoms with E-state index >= 15 is 0 Å². The maximum absolute atomic E-state index is 14.1. The Morgan fingerprint density at radius 1 is 1.36 bits per heavy atom. The molecule has 1 aromatic rings. The van der Waals surface area contributed by atoms with Crippen LogP contribution in [-0.4, -0.2) is 50.5 Å². The second-order valence-electron chi connectivity index (χ2n) is 5.49. The van der Waals surface area contributed by atoms with Crippen LogP contribution < -0.4 is 4.72 Å². The van der Waals surface area contributed by atoms with E-state index < -0.39 is 34.3 Å². The highest BCUT2D eigenvalue weighted by Crippen LogP contribution is 2.25. The molecule has 0 radical (unpaired) electrons. The number of carbonyl (C=O) groups excluding carboxylic acids is 1. The van der Waals surface area contributed by atoms with Crippen LogP contribution in [0, 0.1) is 0 Å². The normalized spacial score (nSPS) is 19.4. The van der Waals surface area contributed by atoms with Crippen LogP contribution in [-0.2, 0) is 21.2 Å². The third-order valence-electron chi connectivity index (χ3n) is 3.44. The zero-order chi connectivity index (χ0) is 16.4. The number of likely N-dealkylation sites (tertiary alicyclic amines) is 1. The number of hydrogen-bond donors (Lipinski definition) is 1. The minimum absolute atomic E-state index is 0.0315. The van der Waals surface area contributed by atoms with Crippen LogP contribution in [0.1, 0.15) is 12.0 Å². The van der Waals surface area contributed by atoms with Gasteiger partial charge in [0.05, 0.1) is 6.26 Å². The largest absolute Gasteiger partial charge is 0.336 e. The fourth-order valence-corrected chi connectivity index (χ4v) is 3.30. The Labute approximate surface area is 128 Å². The molecule has 1 saturated heterocycles. The predicted molar refractivity (Wildman–Crippen MR) is 78.1 cm³/mol. The molecule has 1 fully saturated rings. The van der Waals surface area contributed by atoms with E-state index in [9.17, 15) is 22.0 Å². The number of alkyl halides is 2. The molecule has 1 aliphatic rings. The van der Waals surface area contributed by atoms with E-state index in [1.165, 1.54) is 0 Å². The summed E-state index contributed by atoms with van der Waals surface area (Å²) in [5.74, 6) is -4.75. The van der Waals surface area contributed by atoms with Gasteiger partial charge >= 0.3 is 5.92 Å². The third kappa shape index (κ3) is 4.48. The van der Waals surface area contributed by atoms with E-state index in [1.807, 2.05) is 0 Å². The summed E-state index contributed by atoms with van der Waals surface area (Å²) < 4.78 is 52.8. The molecule has 22 heavy (non-hydrogen) atoms. The molecule has 0 spiro atoms. The topological polar surface area (TPSA) is 66.5 Å². The van der Waals surface area contributed by atoms with Crippen LogP contribution in [0.25, 0.3) is 0 Å². The Bertz CT molecular complexity index is 635. The number of halogens is 2. The molecule has 0 aliphatic carbocycles. The van der Waals surface area contributed by atoms with Gasteiger partial charge in [-0.2, -0.15) is 8.78 Å². The van der Waals surface area contributed by atoms with Gasteiger partial charge in [-0.1, -0.05) is 30.3 Å². The summed E-state index contributed by atoms with van der Waals surface area (Å²) in [6, 6.07) is 7.56. The smallest absolute Gasteiger partial charge is 0.328 e. The lowest BCUT2D eigenvalue weighted by atomic mass is 10.1. The average molecular weight is 332 g/mol. The highest BCUT2D eigenvalue weighted by molar-refractivity contribution is 7.88. The lowest BCUT2D eigenvalue weighted by molar-refractivity contribution is -0.156. The lowest BCUT2D eigenvalue weighted by Crippen LogP contribution is -2.45. The molecular weight excluding hydrogens is 314 g/mol. The number of carbonyl (C=O) groups is 1. The number of hydrogen-bond acceptors (Lipinski definition) is 3. The van der Waals surface area contributed by atoms with Gasteiger partial charge in [-0.25, -0.2) is 13.1 Å². The number of benzene rings is 1. The molecule has 1 amide bonds. The van der Waals surface area contributed by atoms with E-state index in [4.69, 9.17) is 0 Å². The van der Waals surface area contributed by atoms with Gasteiger partial charge in [-0.05, 0) is 12.0 Å². The first kappa shape index (κ1) is 16.8. The molecule has 0 saturated carbocycles. The summed E-state index contributed by atoms with van der Waals surface area (Å²) in [6.07, 6.45) is 0.676. The lowest BCUT2D eigenvalue weighted by Gasteiger charge is -2.23. The second-order valence-corrected chi connectivity index (χ2v) is 7.27. The Balaban J connectivity index is 1.99. The summed E-state index contributed by atoms with van der Waals surface area (Å²) in [5.41, 5.74) is 0.380. The van der Waals surface area contributed by atoms with Crippen molar-refractivity contribution in [2.75, 3.05) is 19.3 Å². The minimum atomic E-state index is -3.50. The quantitative estimate of drug-likeness (QED) is 0.875. The van der Waals surface area contributed by atoms with Gasteiger partial charge in [0.25, 0.3) is 5.91 Å². The molecule has 5 nitrogen and oxygen atoms in total. The zero-order valence-corrected chi connectivity index (χ0v) is 12.9. The van der Waals surface area contributed by atoms with Gasteiger partial charge in [-0.15, -0.1) is 0 Å². The Morgan fingerprint density at radius 2 is 2.00 bits per heavy atom. The van der Waals surface area contributed by atoms with Crippen molar-refractivity contribution in [2.24, 2.45) is 0 Å². The summed E-state index contributed by atoms with van der Waals surface area (Å²) in [4.78, 5) is 13.0. The van der Waals surface area contributed by atoms with Crippen LogP contribution in [0.15, 0.2) is 30.3 Å². The fraction of sp³-hybridized carbons (Fsp3) is 0.500. The van der Waals surface area contributed by atoms with E-state index in [1.54, 1.807) is 30.3 Å². The number of nitrogens with zero attached hydrogens (tertiary/aromatic N) is 1. The first-order valence-corrected chi connectivity index (χ1v) is 8.75. The number of sulfonamides is 1.